The van der Waals surface area contributed by atoms with Crippen molar-refractivity contribution < 1.29 is 9.90 Å². The van der Waals surface area contributed by atoms with Crippen LogP contribution in [-0.4, -0.2) is 21.8 Å². The summed E-state index contributed by atoms with van der Waals surface area (Å²) in [5, 5.41) is 17.8. The standard InChI is InChI=1S/C10H10N2O2S/c11-7-8-3-4-12-9(6-8)15-5-1-2-10(13)14/h3-4,6H,1-2,5H2,(H,13,14). The van der Waals surface area contributed by atoms with E-state index in [0.29, 0.717) is 17.7 Å². The number of hydrogen-bond acceptors (Lipinski definition) is 4. The Bertz CT molecular complexity index is 387. The molecule has 78 valence electrons. The van der Waals surface area contributed by atoms with Gasteiger partial charge in [0.2, 0.25) is 0 Å². The number of carbonyl (C=O) groups is 1. The molecule has 1 aromatic heterocycles. The Hall–Kier alpha value is -1.54. The van der Waals surface area contributed by atoms with Crippen molar-refractivity contribution in [2.75, 3.05) is 5.75 Å². The molecule has 4 nitrogen and oxygen atoms in total. The van der Waals surface area contributed by atoms with Gasteiger partial charge in [-0.05, 0) is 18.6 Å². The quantitative estimate of drug-likeness (QED) is 0.608. The van der Waals surface area contributed by atoms with Crippen LogP contribution in [0.5, 0.6) is 0 Å². The van der Waals surface area contributed by atoms with E-state index in [0.717, 1.165) is 5.03 Å². The van der Waals surface area contributed by atoms with Gasteiger partial charge in [-0.15, -0.1) is 11.8 Å². The maximum Gasteiger partial charge on any atom is 0.303 e. The average Bonchev–Trinajstić information content (AvgIpc) is 2.24. The summed E-state index contributed by atoms with van der Waals surface area (Å²) in [5.74, 6) is -0.0805. The summed E-state index contributed by atoms with van der Waals surface area (Å²) in [6.45, 7) is 0. The Morgan fingerprint density at radius 2 is 2.47 bits per heavy atom. The molecule has 0 atom stereocenters. The molecule has 0 radical (unpaired) electrons. The minimum atomic E-state index is -0.783. The zero-order valence-electron chi connectivity index (χ0n) is 8.01. The van der Waals surface area contributed by atoms with Crippen molar-refractivity contribution in [3.05, 3.63) is 23.9 Å². The van der Waals surface area contributed by atoms with Gasteiger partial charge in [0.15, 0.2) is 0 Å². The van der Waals surface area contributed by atoms with Crippen molar-refractivity contribution in [2.45, 2.75) is 17.9 Å². The molecule has 1 aromatic rings. The molecule has 0 aliphatic carbocycles. The fourth-order valence-corrected chi connectivity index (χ4v) is 1.80. The van der Waals surface area contributed by atoms with Crippen LogP contribution in [-0.2, 0) is 4.79 Å². The molecule has 0 spiro atoms. The lowest BCUT2D eigenvalue weighted by molar-refractivity contribution is -0.137. The summed E-state index contributed by atoms with van der Waals surface area (Å²) in [6, 6.07) is 5.37. The van der Waals surface area contributed by atoms with E-state index < -0.39 is 5.97 Å². The molecular weight excluding hydrogens is 212 g/mol. The van der Waals surface area contributed by atoms with E-state index in [1.807, 2.05) is 6.07 Å². The Labute approximate surface area is 91.9 Å². The highest BCUT2D eigenvalue weighted by molar-refractivity contribution is 7.99. The number of nitriles is 1. The van der Waals surface area contributed by atoms with Crippen LogP contribution < -0.4 is 0 Å². The number of aromatic nitrogens is 1. The molecule has 15 heavy (non-hydrogen) atoms. The van der Waals surface area contributed by atoms with E-state index in [1.54, 1.807) is 18.3 Å². The molecule has 0 aliphatic rings. The topological polar surface area (TPSA) is 74.0 Å². The van der Waals surface area contributed by atoms with Crippen LogP contribution in [0.4, 0.5) is 0 Å². The summed E-state index contributed by atoms with van der Waals surface area (Å²) >= 11 is 1.47. The second kappa shape index (κ2) is 6.04. The van der Waals surface area contributed by atoms with Gasteiger partial charge < -0.3 is 5.11 Å². The lowest BCUT2D eigenvalue weighted by Crippen LogP contribution is -1.95. The molecule has 0 aliphatic heterocycles. The third-order valence-electron chi connectivity index (χ3n) is 1.65. The smallest absolute Gasteiger partial charge is 0.303 e. The zero-order valence-corrected chi connectivity index (χ0v) is 8.83. The van der Waals surface area contributed by atoms with Gasteiger partial charge in [-0.25, -0.2) is 4.98 Å². The third kappa shape index (κ3) is 4.47. The van der Waals surface area contributed by atoms with E-state index >= 15 is 0 Å². The first-order valence-electron chi connectivity index (χ1n) is 4.43. The van der Waals surface area contributed by atoms with Gasteiger partial charge in [0.25, 0.3) is 0 Å². The summed E-state index contributed by atoms with van der Waals surface area (Å²) in [4.78, 5) is 14.3. The van der Waals surface area contributed by atoms with E-state index in [4.69, 9.17) is 10.4 Å². The summed E-state index contributed by atoms with van der Waals surface area (Å²) < 4.78 is 0. The SMILES string of the molecule is N#Cc1ccnc(SCCCC(=O)O)c1. The Morgan fingerprint density at radius 3 is 3.13 bits per heavy atom. The highest BCUT2D eigenvalue weighted by atomic mass is 32.2. The Balaban J connectivity index is 2.38. The highest BCUT2D eigenvalue weighted by Crippen LogP contribution is 2.17. The average molecular weight is 222 g/mol. The molecular formula is C10H10N2O2S. The number of carboxylic acids is 1. The van der Waals surface area contributed by atoms with E-state index in [-0.39, 0.29) is 6.42 Å². The first kappa shape index (κ1) is 11.5. The predicted molar refractivity (Wildman–Crippen MR) is 56.5 cm³/mol. The molecule has 0 aromatic carbocycles. The second-order valence-electron chi connectivity index (χ2n) is 2.84. The molecule has 0 saturated heterocycles. The van der Waals surface area contributed by atoms with Gasteiger partial charge in [0.1, 0.15) is 0 Å². The Morgan fingerprint density at radius 1 is 1.67 bits per heavy atom. The number of thioether (sulfide) groups is 1. The summed E-state index contributed by atoms with van der Waals surface area (Å²) in [6.07, 6.45) is 2.36. The van der Waals surface area contributed by atoms with E-state index in [2.05, 4.69) is 4.98 Å². The highest BCUT2D eigenvalue weighted by Gasteiger charge is 2.00. The summed E-state index contributed by atoms with van der Waals surface area (Å²) in [7, 11) is 0. The molecule has 5 heteroatoms. The van der Waals surface area contributed by atoms with Crippen LogP contribution in [0.1, 0.15) is 18.4 Å². The number of aliphatic carboxylic acids is 1. The van der Waals surface area contributed by atoms with Gasteiger partial charge in [-0.1, -0.05) is 0 Å². The minimum Gasteiger partial charge on any atom is -0.481 e. The molecule has 0 amide bonds. The van der Waals surface area contributed by atoms with Crippen molar-refractivity contribution in [2.24, 2.45) is 0 Å². The van der Waals surface area contributed by atoms with Gasteiger partial charge in [0, 0.05) is 18.4 Å². The lowest BCUT2D eigenvalue weighted by Gasteiger charge is -1.99. The molecule has 1 heterocycles. The molecule has 0 fully saturated rings. The zero-order chi connectivity index (χ0) is 11.1. The van der Waals surface area contributed by atoms with Crippen LogP contribution >= 0.6 is 11.8 Å². The third-order valence-corrected chi connectivity index (χ3v) is 2.66. The fourth-order valence-electron chi connectivity index (χ4n) is 0.958. The first-order valence-corrected chi connectivity index (χ1v) is 5.41. The number of pyridine rings is 1. The largest absolute Gasteiger partial charge is 0.481 e. The van der Waals surface area contributed by atoms with Crippen molar-refractivity contribution in [3.63, 3.8) is 0 Å². The van der Waals surface area contributed by atoms with Crippen LogP contribution in [0.15, 0.2) is 23.4 Å². The van der Waals surface area contributed by atoms with Crippen molar-refractivity contribution >= 4 is 17.7 Å². The first-order chi connectivity index (χ1) is 7.22. The number of hydrogen-bond donors (Lipinski definition) is 1. The lowest BCUT2D eigenvalue weighted by atomic mass is 10.3. The van der Waals surface area contributed by atoms with Gasteiger partial charge in [-0.3, -0.25) is 4.79 Å². The van der Waals surface area contributed by atoms with Gasteiger partial charge in [-0.2, -0.15) is 5.26 Å². The normalized spacial score (nSPS) is 9.53. The molecule has 1 N–H and O–H groups in total. The van der Waals surface area contributed by atoms with Crippen LogP contribution in [0, 0.1) is 11.3 Å². The van der Waals surface area contributed by atoms with Gasteiger partial charge >= 0.3 is 5.97 Å². The summed E-state index contributed by atoms with van der Waals surface area (Å²) in [5.41, 5.74) is 0.575. The maximum absolute atomic E-state index is 10.2. The van der Waals surface area contributed by atoms with Gasteiger partial charge in [0.05, 0.1) is 16.7 Å². The predicted octanol–water partition coefficient (Wildman–Crippen LogP) is 1.91. The maximum atomic E-state index is 10.2. The van der Waals surface area contributed by atoms with Crippen LogP contribution in [0.3, 0.4) is 0 Å². The van der Waals surface area contributed by atoms with Crippen molar-refractivity contribution in [3.8, 4) is 6.07 Å². The monoisotopic (exact) mass is 222 g/mol. The Kier molecular flexibility index (Phi) is 4.64. The number of carboxylic acid groups (broad SMARTS) is 1. The molecule has 0 unspecified atom stereocenters. The number of nitrogens with zero attached hydrogens (tertiary/aromatic N) is 2. The molecule has 0 saturated carbocycles. The van der Waals surface area contributed by atoms with Crippen molar-refractivity contribution in [1.82, 2.24) is 4.98 Å². The number of rotatable bonds is 5. The van der Waals surface area contributed by atoms with Crippen LogP contribution in [0.2, 0.25) is 0 Å². The second-order valence-corrected chi connectivity index (χ2v) is 3.96. The van der Waals surface area contributed by atoms with Crippen molar-refractivity contribution in [1.29, 1.82) is 5.26 Å². The van der Waals surface area contributed by atoms with E-state index in [1.165, 1.54) is 11.8 Å². The van der Waals surface area contributed by atoms with E-state index in [9.17, 15) is 4.79 Å². The minimum absolute atomic E-state index is 0.172. The molecule has 1 rings (SSSR count). The van der Waals surface area contributed by atoms with Crippen LogP contribution in [0.25, 0.3) is 0 Å². The molecule has 0 bridgehead atoms. The fraction of sp³-hybridized carbons (Fsp3) is 0.300.